The Hall–Kier alpha value is -4.44. The maximum absolute atomic E-state index is 14.9. The van der Waals surface area contributed by atoms with Gasteiger partial charge in [-0.25, -0.2) is 9.37 Å². The molecule has 2 aromatic heterocycles. The molecule has 0 unspecified atom stereocenters. The smallest absolute Gasteiger partial charge is 0.317 e. The van der Waals surface area contributed by atoms with Crippen LogP contribution in [-0.2, 0) is 16.0 Å². The number of carbonyl (C=O) groups excluding carboxylic acids is 1. The average molecular weight is 499 g/mol. The van der Waals surface area contributed by atoms with Gasteiger partial charge in [-0.3, -0.25) is 9.79 Å². The van der Waals surface area contributed by atoms with Crippen molar-refractivity contribution in [2.45, 2.75) is 12.6 Å². The Labute approximate surface area is 212 Å². The van der Waals surface area contributed by atoms with Crippen LogP contribution >= 0.6 is 0 Å². The zero-order chi connectivity index (χ0) is 25.2. The minimum atomic E-state index is -0.961. The van der Waals surface area contributed by atoms with Gasteiger partial charge in [0.15, 0.2) is 23.5 Å². The topological polar surface area (TPSA) is 106 Å². The Morgan fingerprint density at radius 3 is 2.59 bits per heavy atom. The molecule has 2 aliphatic rings. The van der Waals surface area contributed by atoms with E-state index < -0.39 is 12.0 Å². The molecule has 0 saturated carbocycles. The number of fused-ring (bicyclic) bond motifs is 1. The van der Waals surface area contributed by atoms with E-state index in [1.807, 2.05) is 59.5 Å². The number of aliphatic imine (C=N–C) groups is 1. The van der Waals surface area contributed by atoms with Crippen LogP contribution in [0.1, 0.15) is 16.7 Å². The number of halogens is 1. The molecule has 0 aliphatic carbocycles. The highest BCUT2D eigenvalue weighted by atomic mass is 19.1. The fraction of sp³-hybridized carbons (Fsp3) is 0.222. The molecule has 4 heterocycles. The summed E-state index contributed by atoms with van der Waals surface area (Å²) in [6.07, 6.45) is 0.801. The summed E-state index contributed by atoms with van der Waals surface area (Å²) in [4.78, 5) is 24.1. The van der Waals surface area contributed by atoms with Crippen LogP contribution in [0.15, 0.2) is 76.3 Å². The first kappa shape index (κ1) is 23.0. The van der Waals surface area contributed by atoms with Crippen LogP contribution in [0.2, 0.25) is 0 Å². The van der Waals surface area contributed by atoms with Crippen molar-refractivity contribution in [1.82, 2.24) is 15.2 Å². The number of pyridine rings is 1. The van der Waals surface area contributed by atoms with E-state index in [9.17, 15) is 9.18 Å². The number of hydrogen-bond donors (Lipinski definition) is 1. The molecule has 1 atom stereocenters. The van der Waals surface area contributed by atoms with E-state index in [-0.39, 0.29) is 29.8 Å². The molecule has 0 bridgehead atoms. The Balaban J connectivity index is 1.27. The average Bonchev–Trinajstić information content (AvgIpc) is 3.35. The maximum atomic E-state index is 14.9. The lowest BCUT2D eigenvalue weighted by Gasteiger charge is -2.28. The van der Waals surface area contributed by atoms with Gasteiger partial charge in [-0.2, -0.15) is 0 Å². The van der Waals surface area contributed by atoms with E-state index in [2.05, 4.69) is 20.5 Å². The maximum Gasteiger partial charge on any atom is 0.317 e. The zero-order valence-electron chi connectivity index (χ0n) is 19.8. The molecule has 2 aromatic carbocycles. The molecule has 10 heteroatoms. The summed E-state index contributed by atoms with van der Waals surface area (Å²) in [6, 6.07) is 18.7. The SMILES string of the molecule is O=C1Cc2ccccc2C(c2ccccc2)=N[C@@H]1Nc1nnc(-c2ncc(N3CCOCC3)cc2F)o1. The first-order valence-corrected chi connectivity index (χ1v) is 12.0. The van der Waals surface area contributed by atoms with E-state index in [4.69, 9.17) is 14.1 Å². The van der Waals surface area contributed by atoms with Gasteiger partial charge >= 0.3 is 6.01 Å². The minimum Gasteiger partial charge on any atom is -0.402 e. The van der Waals surface area contributed by atoms with Crippen LogP contribution in [0.4, 0.5) is 16.1 Å². The predicted molar refractivity (Wildman–Crippen MR) is 135 cm³/mol. The molecule has 2 aliphatic heterocycles. The molecule has 186 valence electrons. The Morgan fingerprint density at radius 2 is 1.78 bits per heavy atom. The third kappa shape index (κ3) is 4.70. The molecule has 4 aromatic rings. The van der Waals surface area contributed by atoms with Crippen molar-refractivity contribution >= 4 is 23.2 Å². The number of hydrogen-bond acceptors (Lipinski definition) is 9. The molecule has 1 fully saturated rings. The van der Waals surface area contributed by atoms with Crippen LogP contribution in [0.3, 0.4) is 0 Å². The number of ketones is 1. The van der Waals surface area contributed by atoms with E-state index >= 15 is 0 Å². The summed E-state index contributed by atoms with van der Waals surface area (Å²) in [5.74, 6) is -0.827. The van der Waals surface area contributed by atoms with Crippen LogP contribution in [-0.4, -0.2) is 59.1 Å². The lowest BCUT2D eigenvalue weighted by atomic mass is 9.96. The summed E-state index contributed by atoms with van der Waals surface area (Å²) in [5.41, 5.74) is 3.95. The quantitative estimate of drug-likeness (QED) is 0.446. The van der Waals surface area contributed by atoms with Crippen LogP contribution < -0.4 is 10.2 Å². The van der Waals surface area contributed by atoms with Crippen molar-refractivity contribution in [2.75, 3.05) is 36.5 Å². The number of rotatable bonds is 5. The highest BCUT2D eigenvalue weighted by Crippen LogP contribution is 2.26. The molecule has 9 nitrogen and oxygen atoms in total. The van der Waals surface area contributed by atoms with Gasteiger partial charge in [0.25, 0.3) is 5.89 Å². The van der Waals surface area contributed by atoms with Crippen molar-refractivity contribution in [3.8, 4) is 11.6 Å². The second kappa shape index (κ2) is 9.90. The lowest BCUT2D eigenvalue weighted by Crippen LogP contribution is -2.36. The van der Waals surface area contributed by atoms with Crippen molar-refractivity contribution in [3.05, 3.63) is 89.4 Å². The third-order valence-corrected chi connectivity index (χ3v) is 6.34. The van der Waals surface area contributed by atoms with Crippen molar-refractivity contribution < 1.29 is 18.3 Å². The van der Waals surface area contributed by atoms with Crippen molar-refractivity contribution in [1.29, 1.82) is 0 Å². The first-order chi connectivity index (χ1) is 18.2. The summed E-state index contributed by atoms with van der Waals surface area (Å²) in [6.45, 7) is 2.50. The fourth-order valence-corrected chi connectivity index (χ4v) is 4.47. The fourth-order valence-electron chi connectivity index (χ4n) is 4.47. The van der Waals surface area contributed by atoms with E-state index in [1.54, 1.807) is 6.20 Å². The highest BCUT2D eigenvalue weighted by Gasteiger charge is 2.27. The predicted octanol–water partition coefficient (Wildman–Crippen LogP) is 3.51. The monoisotopic (exact) mass is 498 g/mol. The second-order valence-corrected chi connectivity index (χ2v) is 8.73. The normalized spacial score (nSPS) is 17.6. The van der Waals surface area contributed by atoms with Gasteiger partial charge in [0, 0.05) is 36.7 Å². The first-order valence-electron chi connectivity index (χ1n) is 12.0. The Kier molecular flexibility index (Phi) is 6.15. The highest BCUT2D eigenvalue weighted by molar-refractivity contribution is 6.16. The number of carbonyl (C=O) groups is 1. The van der Waals surface area contributed by atoms with Crippen molar-refractivity contribution in [2.24, 2.45) is 4.99 Å². The number of nitrogens with one attached hydrogen (secondary N) is 1. The molecule has 0 radical (unpaired) electrons. The summed E-state index contributed by atoms with van der Waals surface area (Å²) in [5, 5.41) is 10.8. The minimum absolute atomic E-state index is 0.0473. The Bertz CT molecular complexity index is 1470. The number of morpholine rings is 1. The number of aromatic nitrogens is 3. The third-order valence-electron chi connectivity index (χ3n) is 6.34. The number of nitrogens with zero attached hydrogens (tertiary/aromatic N) is 5. The summed E-state index contributed by atoms with van der Waals surface area (Å²) < 4.78 is 25.9. The molecule has 1 saturated heterocycles. The van der Waals surface area contributed by atoms with Gasteiger partial charge in [0.1, 0.15) is 0 Å². The number of benzene rings is 2. The lowest BCUT2D eigenvalue weighted by molar-refractivity contribution is -0.119. The van der Waals surface area contributed by atoms with E-state index in [0.29, 0.717) is 37.7 Å². The largest absolute Gasteiger partial charge is 0.402 e. The molecule has 0 spiro atoms. The molecule has 1 N–H and O–H groups in total. The molecule has 6 rings (SSSR count). The standard InChI is InChI=1S/C27H23FN6O3/c28-21-15-19(34-10-12-36-13-11-34)16-29-24(21)26-32-33-27(37-26)31-25-22(35)14-18-8-4-5-9-20(18)23(30-25)17-6-2-1-3-7-17/h1-9,15-16,25H,10-14H2,(H,31,33)/t25-/m1/s1. The number of anilines is 2. The number of Topliss-reactive ketones (excluding diaryl/α,β-unsaturated/α-hetero) is 1. The van der Waals surface area contributed by atoms with Gasteiger partial charge < -0.3 is 19.4 Å². The van der Waals surface area contributed by atoms with Crippen LogP contribution in [0.25, 0.3) is 11.6 Å². The van der Waals surface area contributed by atoms with Crippen molar-refractivity contribution in [3.63, 3.8) is 0 Å². The van der Waals surface area contributed by atoms with Gasteiger partial charge in [0.2, 0.25) is 0 Å². The van der Waals surface area contributed by atoms with Crippen LogP contribution in [0, 0.1) is 5.82 Å². The molecule has 37 heavy (non-hydrogen) atoms. The summed E-state index contributed by atoms with van der Waals surface area (Å²) in [7, 11) is 0. The molecular weight excluding hydrogens is 475 g/mol. The van der Waals surface area contributed by atoms with E-state index in [0.717, 1.165) is 16.7 Å². The van der Waals surface area contributed by atoms with Gasteiger partial charge in [-0.05, 0) is 5.56 Å². The number of ether oxygens (including phenoxy) is 1. The molecule has 0 amide bonds. The van der Waals surface area contributed by atoms with Crippen LogP contribution in [0.5, 0.6) is 0 Å². The zero-order valence-corrected chi connectivity index (χ0v) is 19.8. The van der Waals surface area contributed by atoms with E-state index in [1.165, 1.54) is 6.07 Å². The molecular formula is C27H23FN6O3. The van der Waals surface area contributed by atoms with Gasteiger partial charge in [-0.15, -0.1) is 5.10 Å². The summed E-state index contributed by atoms with van der Waals surface area (Å²) >= 11 is 0. The second-order valence-electron chi connectivity index (χ2n) is 8.73. The Morgan fingerprint density at radius 1 is 1.00 bits per heavy atom. The van der Waals surface area contributed by atoms with Gasteiger partial charge in [0.05, 0.1) is 30.8 Å². The van der Waals surface area contributed by atoms with Gasteiger partial charge in [-0.1, -0.05) is 59.7 Å².